The first kappa shape index (κ1) is 16.8. The Labute approximate surface area is 135 Å². The van der Waals surface area contributed by atoms with E-state index in [1.165, 1.54) is 38.9 Å². The van der Waals surface area contributed by atoms with Gasteiger partial charge in [-0.1, -0.05) is 24.4 Å². The molecule has 0 aromatic heterocycles. The van der Waals surface area contributed by atoms with E-state index in [1.54, 1.807) is 12.1 Å². The molecule has 1 amide bonds. The Hall–Kier alpha value is -1.59. The Morgan fingerprint density at radius 3 is 2.73 bits per heavy atom. The number of benzene rings is 1. The minimum absolute atomic E-state index is 0.130. The maximum Gasteiger partial charge on any atom is 0.337 e. The first-order valence-corrected chi connectivity index (χ1v) is 7.89. The van der Waals surface area contributed by atoms with E-state index in [4.69, 9.17) is 11.6 Å². The molecule has 1 aliphatic carbocycles. The third-order valence-corrected chi connectivity index (χ3v) is 4.13. The molecule has 1 aromatic rings. The van der Waals surface area contributed by atoms with Crippen molar-refractivity contribution in [1.29, 1.82) is 0 Å². The molecule has 0 heterocycles. The van der Waals surface area contributed by atoms with Crippen LogP contribution in [0.5, 0.6) is 0 Å². The lowest BCUT2D eigenvalue weighted by Gasteiger charge is -2.12. The van der Waals surface area contributed by atoms with E-state index >= 15 is 0 Å². The fourth-order valence-corrected chi connectivity index (χ4v) is 2.76. The Bertz CT molecular complexity index is 542. The standard InChI is InChI=1S/C16H21ClN2O3/c1-22-16(21)11-6-7-13(17)14(10-11)19-15(20)8-9-18-12-4-2-3-5-12/h6-7,10,12,18H,2-5,8-9H2,1H3,(H,19,20). The van der Waals surface area contributed by atoms with Crippen LogP contribution in [0, 0.1) is 0 Å². The number of ether oxygens (including phenoxy) is 1. The molecule has 22 heavy (non-hydrogen) atoms. The highest BCUT2D eigenvalue weighted by molar-refractivity contribution is 6.33. The molecule has 1 aliphatic rings. The van der Waals surface area contributed by atoms with Gasteiger partial charge in [-0.3, -0.25) is 4.79 Å². The Balaban J connectivity index is 1.86. The number of carbonyl (C=O) groups is 2. The van der Waals surface area contributed by atoms with Crippen molar-refractivity contribution in [1.82, 2.24) is 5.32 Å². The van der Waals surface area contributed by atoms with E-state index in [2.05, 4.69) is 15.4 Å². The van der Waals surface area contributed by atoms with E-state index in [9.17, 15) is 9.59 Å². The number of anilines is 1. The van der Waals surface area contributed by atoms with E-state index in [1.807, 2.05) is 0 Å². The number of carbonyl (C=O) groups excluding carboxylic acids is 2. The molecule has 2 N–H and O–H groups in total. The summed E-state index contributed by atoms with van der Waals surface area (Å²) in [6.45, 7) is 0.644. The summed E-state index contributed by atoms with van der Waals surface area (Å²) < 4.78 is 4.65. The van der Waals surface area contributed by atoms with Crippen molar-refractivity contribution in [3.05, 3.63) is 28.8 Å². The second kappa shape index (κ2) is 8.15. The molecule has 0 radical (unpaired) electrons. The predicted molar refractivity (Wildman–Crippen MR) is 86.3 cm³/mol. The fourth-order valence-electron chi connectivity index (χ4n) is 2.60. The minimum Gasteiger partial charge on any atom is -0.465 e. The zero-order chi connectivity index (χ0) is 15.9. The SMILES string of the molecule is COC(=O)c1ccc(Cl)c(NC(=O)CCNC2CCCC2)c1. The number of amides is 1. The van der Waals surface area contributed by atoms with Crippen molar-refractivity contribution in [2.24, 2.45) is 0 Å². The van der Waals surface area contributed by atoms with E-state index < -0.39 is 5.97 Å². The van der Waals surface area contributed by atoms with Gasteiger partial charge >= 0.3 is 5.97 Å². The largest absolute Gasteiger partial charge is 0.465 e. The summed E-state index contributed by atoms with van der Waals surface area (Å²) in [4.78, 5) is 23.5. The lowest BCUT2D eigenvalue weighted by atomic mass is 10.2. The molecule has 6 heteroatoms. The fraction of sp³-hybridized carbons (Fsp3) is 0.500. The van der Waals surface area contributed by atoms with Crippen LogP contribution in [-0.4, -0.2) is 31.6 Å². The lowest BCUT2D eigenvalue weighted by Crippen LogP contribution is -2.29. The van der Waals surface area contributed by atoms with Crippen molar-refractivity contribution in [2.75, 3.05) is 19.0 Å². The highest BCUT2D eigenvalue weighted by atomic mass is 35.5. The zero-order valence-electron chi connectivity index (χ0n) is 12.7. The average molecular weight is 325 g/mol. The van der Waals surface area contributed by atoms with Crippen LogP contribution in [0.1, 0.15) is 42.5 Å². The molecule has 1 fully saturated rings. The van der Waals surface area contributed by atoms with Gasteiger partial charge in [0.15, 0.2) is 0 Å². The summed E-state index contributed by atoms with van der Waals surface area (Å²) in [7, 11) is 1.31. The van der Waals surface area contributed by atoms with Crippen LogP contribution in [-0.2, 0) is 9.53 Å². The van der Waals surface area contributed by atoms with Crippen LogP contribution in [0.25, 0.3) is 0 Å². The van der Waals surface area contributed by atoms with Gasteiger partial charge in [-0.25, -0.2) is 4.79 Å². The van der Waals surface area contributed by atoms with Crippen LogP contribution in [0.2, 0.25) is 5.02 Å². The Kier molecular flexibility index (Phi) is 6.21. The molecular formula is C16H21ClN2O3. The molecule has 0 atom stereocenters. The normalized spacial score (nSPS) is 14.8. The Morgan fingerprint density at radius 1 is 1.32 bits per heavy atom. The number of hydrogen-bond acceptors (Lipinski definition) is 4. The summed E-state index contributed by atoms with van der Waals surface area (Å²) in [5.74, 6) is -0.593. The van der Waals surface area contributed by atoms with Gasteiger partial charge in [-0.2, -0.15) is 0 Å². The molecule has 0 aliphatic heterocycles. The van der Waals surface area contributed by atoms with E-state index in [0.29, 0.717) is 35.3 Å². The topological polar surface area (TPSA) is 67.4 Å². The maximum atomic E-state index is 12.0. The molecule has 120 valence electrons. The predicted octanol–water partition coefficient (Wildman–Crippen LogP) is 2.99. The number of hydrogen-bond donors (Lipinski definition) is 2. The molecule has 0 bridgehead atoms. The van der Waals surface area contributed by atoms with Gasteiger partial charge in [0.25, 0.3) is 0 Å². The minimum atomic E-state index is -0.463. The molecule has 2 rings (SSSR count). The van der Waals surface area contributed by atoms with Crippen LogP contribution >= 0.6 is 11.6 Å². The highest BCUT2D eigenvalue weighted by Gasteiger charge is 2.15. The molecule has 1 aromatic carbocycles. The monoisotopic (exact) mass is 324 g/mol. The van der Waals surface area contributed by atoms with Gasteiger partial charge in [0.2, 0.25) is 5.91 Å². The van der Waals surface area contributed by atoms with E-state index in [-0.39, 0.29) is 5.91 Å². The van der Waals surface area contributed by atoms with Gasteiger partial charge in [0, 0.05) is 19.0 Å². The highest BCUT2D eigenvalue weighted by Crippen LogP contribution is 2.23. The van der Waals surface area contributed by atoms with Gasteiger partial charge in [0.05, 0.1) is 23.4 Å². The van der Waals surface area contributed by atoms with Crippen LogP contribution < -0.4 is 10.6 Å². The van der Waals surface area contributed by atoms with Gasteiger partial charge in [-0.15, -0.1) is 0 Å². The van der Waals surface area contributed by atoms with Gasteiger partial charge in [-0.05, 0) is 31.0 Å². The average Bonchev–Trinajstić information content (AvgIpc) is 3.02. The molecule has 5 nitrogen and oxygen atoms in total. The summed E-state index contributed by atoms with van der Waals surface area (Å²) >= 11 is 6.04. The first-order valence-electron chi connectivity index (χ1n) is 7.51. The van der Waals surface area contributed by atoms with Crippen molar-refractivity contribution in [3.8, 4) is 0 Å². The quantitative estimate of drug-likeness (QED) is 0.789. The maximum absolute atomic E-state index is 12.0. The van der Waals surface area contributed by atoms with Crippen molar-refractivity contribution in [2.45, 2.75) is 38.1 Å². The van der Waals surface area contributed by atoms with Crippen LogP contribution in [0.15, 0.2) is 18.2 Å². The third-order valence-electron chi connectivity index (χ3n) is 3.80. The second-order valence-electron chi connectivity index (χ2n) is 5.42. The molecule has 1 saturated carbocycles. The summed E-state index contributed by atoms with van der Waals surface area (Å²) in [6, 6.07) is 5.20. The summed E-state index contributed by atoms with van der Waals surface area (Å²) in [5, 5.41) is 6.51. The van der Waals surface area contributed by atoms with Gasteiger partial charge in [0.1, 0.15) is 0 Å². The number of halogens is 1. The summed E-state index contributed by atoms with van der Waals surface area (Å²) in [5.41, 5.74) is 0.779. The smallest absolute Gasteiger partial charge is 0.337 e. The first-order chi connectivity index (χ1) is 10.6. The van der Waals surface area contributed by atoms with Gasteiger partial charge < -0.3 is 15.4 Å². The molecular weight excluding hydrogens is 304 g/mol. The Morgan fingerprint density at radius 2 is 2.05 bits per heavy atom. The van der Waals surface area contributed by atoms with Crippen molar-refractivity contribution in [3.63, 3.8) is 0 Å². The molecule has 0 saturated heterocycles. The van der Waals surface area contributed by atoms with Crippen molar-refractivity contribution < 1.29 is 14.3 Å². The zero-order valence-corrected chi connectivity index (χ0v) is 13.4. The van der Waals surface area contributed by atoms with Crippen LogP contribution in [0.4, 0.5) is 5.69 Å². The number of nitrogens with one attached hydrogen (secondary N) is 2. The number of rotatable bonds is 6. The number of esters is 1. The second-order valence-corrected chi connectivity index (χ2v) is 5.83. The number of methoxy groups -OCH3 is 1. The molecule has 0 unspecified atom stereocenters. The van der Waals surface area contributed by atoms with Crippen LogP contribution in [0.3, 0.4) is 0 Å². The van der Waals surface area contributed by atoms with E-state index in [0.717, 1.165) is 0 Å². The third kappa shape index (κ3) is 4.71. The summed E-state index contributed by atoms with van der Waals surface area (Å²) in [6.07, 6.45) is 5.28. The molecule has 0 spiro atoms. The lowest BCUT2D eigenvalue weighted by molar-refractivity contribution is -0.116. The van der Waals surface area contributed by atoms with Crippen molar-refractivity contribution >= 4 is 29.2 Å².